The molecule has 0 fully saturated rings. The molecule has 116 valence electrons. The van der Waals surface area contributed by atoms with Crippen LogP contribution in [0.3, 0.4) is 0 Å². The standard InChI is InChI=1S/C14H19NO6/c1-9(16)15-13(14(17)20-4)8-21-12-6-10(18-2)5-11(7-12)19-3/h5-7,13H,8H2,1-4H3,(H,15,16). The van der Waals surface area contributed by atoms with Crippen molar-refractivity contribution in [3.8, 4) is 17.2 Å². The average molecular weight is 297 g/mol. The van der Waals surface area contributed by atoms with E-state index in [9.17, 15) is 9.59 Å². The topological polar surface area (TPSA) is 83.1 Å². The van der Waals surface area contributed by atoms with Crippen molar-refractivity contribution < 1.29 is 28.5 Å². The monoisotopic (exact) mass is 297 g/mol. The first kappa shape index (κ1) is 16.6. The highest BCUT2D eigenvalue weighted by molar-refractivity contribution is 5.83. The van der Waals surface area contributed by atoms with Gasteiger partial charge >= 0.3 is 5.97 Å². The Morgan fingerprint density at radius 2 is 1.57 bits per heavy atom. The van der Waals surface area contributed by atoms with Crippen molar-refractivity contribution in [1.82, 2.24) is 5.32 Å². The number of ether oxygens (including phenoxy) is 4. The Morgan fingerprint density at radius 1 is 1.05 bits per heavy atom. The zero-order valence-corrected chi connectivity index (χ0v) is 12.5. The zero-order chi connectivity index (χ0) is 15.8. The van der Waals surface area contributed by atoms with Crippen molar-refractivity contribution >= 4 is 11.9 Å². The van der Waals surface area contributed by atoms with Crippen molar-refractivity contribution in [2.75, 3.05) is 27.9 Å². The second-order valence-corrected chi connectivity index (χ2v) is 4.14. The first-order chi connectivity index (χ1) is 9.99. The average Bonchev–Trinajstić information content (AvgIpc) is 2.49. The second kappa shape index (κ2) is 7.98. The minimum Gasteiger partial charge on any atom is -0.496 e. The number of amides is 1. The highest BCUT2D eigenvalue weighted by atomic mass is 16.5. The van der Waals surface area contributed by atoms with E-state index in [-0.39, 0.29) is 12.5 Å². The van der Waals surface area contributed by atoms with Crippen LogP contribution in [0.1, 0.15) is 6.92 Å². The summed E-state index contributed by atoms with van der Waals surface area (Å²) >= 11 is 0. The van der Waals surface area contributed by atoms with Crippen LogP contribution in [-0.2, 0) is 14.3 Å². The Hall–Kier alpha value is -2.44. The van der Waals surface area contributed by atoms with E-state index in [2.05, 4.69) is 10.1 Å². The van der Waals surface area contributed by atoms with Crippen LogP contribution in [0.4, 0.5) is 0 Å². The molecule has 0 spiro atoms. The van der Waals surface area contributed by atoms with Gasteiger partial charge in [0.25, 0.3) is 0 Å². The number of carbonyl (C=O) groups is 2. The highest BCUT2D eigenvalue weighted by Gasteiger charge is 2.21. The summed E-state index contributed by atoms with van der Waals surface area (Å²) in [6.07, 6.45) is 0. The lowest BCUT2D eigenvalue weighted by molar-refractivity contribution is -0.145. The molecule has 0 aromatic heterocycles. The van der Waals surface area contributed by atoms with Gasteiger partial charge in [-0.1, -0.05) is 0 Å². The molecule has 7 nitrogen and oxygen atoms in total. The third kappa shape index (κ3) is 5.21. The van der Waals surface area contributed by atoms with Crippen molar-refractivity contribution in [2.24, 2.45) is 0 Å². The lowest BCUT2D eigenvalue weighted by Crippen LogP contribution is -2.44. The molecule has 0 saturated heterocycles. The molecule has 1 amide bonds. The number of nitrogens with one attached hydrogen (secondary N) is 1. The highest BCUT2D eigenvalue weighted by Crippen LogP contribution is 2.27. The summed E-state index contributed by atoms with van der Waals surface area (Å²) in [6, 6.07) is 4.10. The molecule has 1 atom stereocenters. The molecule has 21 heavy (non-hydrogen) atoms. The van der Waals surface area contributed by atoms with Gasteiger partial charge in [-0.05, 0) is 0 Å². The van der Waals surface area contributed by atoms with Crippen molar-refractivity contribution in [2.45, 2.75) is 13.0 Å². The number of hydrogen-bond donors (Lipinski definition) is 1. The van der Waals surface area contributed by atoms with Gasteiger partial charge in [0.05, 0.1) is 21.3 Å². The molecule has 0 aliphatic heterocycles. The predicted molar refractivity (Wildman–Crippen MR) is 74.7 cm³/mol. The smallest absolute Gasteiger partial charge is 0.331 e. The van der Waals surface area contributed by atoms with E-state index in [1.165, 1.54) is 28.3 Å². The minimum absolute atomic E-state index is 0.0669. The zero-order valence-electron chi connectivity index (χ0n) is 12.5. The fraction of sp³-hybridized carbons (Fsp3) is 0.429. The molecule has 1 N–H and O–H groups in total. The van der Waals surface area contributed by atoms with Crippen LogP contribution in [0.25, 0.3) is 0 Å². The fourth-order valence-corrected chi connectivity index (χ4v) is 1.60. The lowest BCUT2D eigenvalue weighted by atomic mass is 10.3. The Labute approximate surface area is 123 Å². The predicted octanol–water partition coefficient (Wildman–Crippen LogP) is 0.760. The lowest BCUT2D eigenvalue weighted by Gasteiger charge is -2.17. The number of esters is 1. The van der Waals surface area contributed by atoms with Crippen LogP contribution < -0.4 is 19.5 Å². The van der Waals surface area contributed by atoms with E-state index in [1.807, 2.05) is 0 Å². The molecule has 1 aromatic carbocycles. The number of benzene rings is 1. The quantitative estimate of drug-likeness (QED) is 0.748. The Kier molecular flexibility index (Phi) is 6.32. The number of hydrogen-bond acceptors (Lipinski definition) is 6. The van der Waals surface area contributed by atoms with Gasteiger partial charge < -0.3 is 24.3 Å². The van der Waals surface area contributed by atoms with Crippen LogP contribution in [-0.4, -0.2) is 45.9 Å². The van der Waals surface area contributed by atoms with Crippen molar-refractivity contribution in [3.63, 3.8) is 0 Å². The van der Waals surface area contributed by atoms with E-state index in [4.69, 9.17) is 14.2 Å². The van der Waals surface area contributed by atoms with Gasteiger partial charge in [-0.15, -0.1) is 0 Å². The van der Waals surface area contributed by atoms with Gasteiger partial charge in [0.2, 0.25) is 5.91 Å². The second-order valence-electron chi connectivity index (χ2n) is 4.14. The number of rotatable bonds is 7. The molecule has 7 heteroatoms. The molecule has 0 radical (unpaired) electrons. The Morgan fingerprint density at radius 3 is 2.00 bits per heavy atom. The van der Waals surface area contributed by atoms with Gasteiger partial charge in [0.1, 0.15) is 23.9 Å². The van der Waals surface area contributed by atoms with Crippen molar-refractivity contribution in [1.29, 1.82) is 0 Å². The maximum atomic E-state index is 11.5. The molecule has 0 heterocycles. The molecule has 1 unspecified atom stereocenters. The van der Waals surface area contributed by atoms with Crippen LogP contribution in [0.2, 0.25) is 0 Å². The largest absolute Gasteiger partial charge is 0.496 e. The summed E-state index contributed by atoms with van der Waals surface area (Å²) in [5.74, 6) is 0.625. The van der Waals surface area contributed by atoms with E-state index in [0.717, 1.165) is 0 Å². The molecular weight excluding hydrogens is 278 g/mol. The maximum Gasteiger partial charge on any atom is 0.331 e. The summed E-state index contributed by atoms with van der Waals surface area (Å²) < 4.78 is 20.3. The minimum atomic E-state index is -0.885. The van der Waals surface area contributed by atoms with E-state index in [1.54, 1.807) is 18.2 Å². The van der Waals surface area contributed by atoms with Gasteiger partial charge in [0.15, 0.2) is 6.04 Å². The number of carbonyl (C=O) groups excluding carboxylic acids is 2. The van der Waals surface area contributed by atoms with E-state index < -0.39 is 12.0 Å². The maximum absolute atomic E-state index is 11.5. The summed E-state index contributed by atoms with van der Waals surface area (Å²) in [5.41, 5.74) is 0. The summed E-state index contributed by atoms with van der Waals surface area (Å²) in [5, 5.41) is 2.46. The Bertz CT molecular complexity index is 480. The molecule has 0 aliphatic rings. The molecule has 1 rings (SSSR count). The van der Waals surface area contributed by atoms with E-state index >= 15 is 0 Å². The van der Waals surface area contributed by atoms with E-state index in [0.29, 0.717) is 17.2 Å². The van der Waals surface area contributed by atoms with Crippen LogP contribution in [0.5, 0.6) is 17.2 Å². The van der Waals surface area contributed by atoms with Gasteiger partial charge in [0, 0.05) is 25.1 Å². The third-order valence-electron chi connectivity index (χ3n) is 2.60. The summed E-state index contributed by atoms with van der Waals surface area (Å²) in [4.78, 5) is 22.6. The molecule has 1 aromatic rings. The molecule has 0 saturated carbocycles. The number of methoxy groups -OCH3 is 3. The first-order valence-corrected chi connectivity index (χ1v) is 6.21. The first-order valence-electron chi connectivity index (χ1n) is 6.21. The van der Waals surface area contributed by atoms with Crippen LogP contribution in [0, 0.1) is 0 Å². The third-order valence-corrected chi connectivity index (χ3v) is 2.60. The summed E-state index contributed by atoms with van der Waals surface area (Å²) in [7, 11) is 4.28. The van der Waals surface area contributed by atoms with Crippen molar-refractivity contribution in [3.05, 3.63) is 18.2 Å². The fourth-order valence-electron chi connectivity index (χ4n) is 1.60. The molecule has 0 bridgehead atoms. The molecular formula is C14H19NO6. The van der Waals surface area contributed by atoms with Gasteiger partial charge in [-0.25, -0.2) is 4.79 Å². The Balaban J connectivity index is 2.79. The van der Waals surface area contributed by atoms with Gasteiger partial charge in [-0.2, -0.15) is 0 Å². The normalized spacial score (nSPS) is 11.2. The SMILES string of the molecule is COC(=O)C(COc1cc(OC)cc(OC)c1)NC(C)=O. The summed E-state index contributed by atoms with van der Waals surface area (Å²) in [6.45, 7) is 1.24. The molecule has 0 aliphatic carbocycles. The van der Waals surface area contributed by atoms with Gasteiger partial charge in [-0.3, -0.25) is 4.79 Å². The van der Waals surface area contributed by atoms with Crippen LogP contribution >= 0.6 is 0 Å². The van der Waals surface area contributed by atoms with Crippen LogP contribution in [0.15, 0.2) is 18.2 Å².